The molecule has 0 saturated carbocycles. The molecule has 0 aromatic heterocycles. The second-order valence-electron chi connectivity index (χ2n) is 6.57. The van der Waals surface area contributed by atoms with Crippen molar-refractivity contribution in [3.8, 4) is 0 Å². The van der Waals surface area contributed by atoms with E-state index in [-0.39, 0.29) is 12.2 Å². The van der Waals surface area contributed by atoms with E-state index in [0.717, 1.165) is 29.5 Å². The van der Waals surface area contributed by atoms with Gasteiger partial charge in [-0.15, -0.1) is 0 Å². The van der Waals surface area contributed by atoms with E-state index in [1.165, 1.54) is 12.1 Å². The number of hydrogen-bond donors (Lipinski definition) is 1. The SMILES string of the molecule is C=O.CCOC(=O)/C(=C/OC(O)C=C(C)C)C1CCc2ccc(C(F)(F)F)cc21. The minimum atomic E-state index is -4.47. The van der Waals surface area contributed by atoms with Gasteiger partial charge in [0.1, 0.15) is 6.79 Å². The van der Waals surface area contributed by atoms with Crippen LogP contribution < -0.4 is 0 Å². The van der Waals surface area contributed by atoms with Crippen molar-refractivity contribution in [1.82, 2.24) is 0 Å². The van der Waals surface area contributed by atoms with Crippen LogP contribution in [0.5, 0.6) is 0 Å². The normalized spacial score (nSPS) is 16.8. The maximum Gasteiger partial charge on any atom is 0.416 e. The maximum absolute atomic E-state index is 13.1. The number of ether oxygens (including phenoxy) is 2. The molecule has 1 N–H and O–H groups in total. The molecular formula is C21H25F3O5. The number of carbonyl (C=O) groups excluding carboxylic acids is 2. The predicted octanol–water partition coefficient (Wildman–Crippen LogP) is 4.30. The quantitative estimate of drug-likeness (QED) is 0.247. The summed E-state index contributed by atoms with van der Waals surface area (Å²) in [6, 6.07) is 3.57. The molecular weight excluding hydrogens is 389 g/mol. The van der Waals surface area contributed by atoms with Crippen molar-refractivity contribution in [2.75, 3.05) is 6.61 Å². The number of halogens is 3. The van der Waals surface area contributed by atoms with Crippen LogP contribution >= 0.6 is 0 Å². The van der Waals surface area contributed by atoms with Gasteiger partial charge in [0, 0.05) is 5.92 Å². The minimum Gasteiger partial charge on any atom is -0.468 e. The second kappa shape index (κ2) is 10.8. The second-order valence-corrected chi connectivity index (χ2v) is 6.57. The van der Waals surface area contributed by atoms with Crippen LogP contribution in [0.15, 0.2) is 41.7 Å². The van der Waals surface area contributed by atoms with Crippen molar-refractivity contribution < 1.29 is 37.3 Å². The van der Waals surface area contributed by atoms with Gasteiger partial charge in [-0.05, 0) is 62.9 Å². The van der Waals surface area contributed by atoms with E-state index in [2.05, 4.69) is 0 Å². The molecule has 0 spiro atoms. The summed E-state index contributed by atoms with van der Waals surface area (Å²) in [6.07, 6.45) is -2.17. The summed E-state index contributed by atoms with van der Waals surface area (Å²) in [7, 11) is 0. The van der Waals surface area contributed by atoms with Gasteiger partial charge in [-0.2, -0.15) is 13.2 Å². The van der Waals surface area contributed by atoms with Crippen LogP contribution in [0, 0.1) is 0 Å². The number of allylic oxidation sites excluding steroid dienone is 1. The molecule has 8 heteroatoms. The number of aliphatic hydroxyl groups excluding tert-OH is 1. The number of aryl methyl sites for hydroxylation is 1. The average molecular weight is 414 g/mol. The molecule has 0 aliphatic heterocycles. The Kier molecular flexibility index (Phi) is 9.10. The highest BCUT2D eigenvalue weighted by Gasteiger charge is 2.35. The van der Waals surface area contributed by atoms with Crippen molar-refractivity contribution in [2.24, 2.45) is 0 Å². The van der Waals surface area contributed by atoms with Crippen LogP contribution in [0.1, 0.15) is 49.8 Å². The number of esters is 1. The standard InChI is InChI=1S/C20H23F3O4.CH2O/c1-4-26-19(25)17(11-27-18(24)9-12(2)3)15-8-6-13-5-7-14(10-16(13)15)20(21,22)23;1-2/h5,7,9-11,15,18,24H,4,6,8H2,1-3H3;1H2/b17-11+;. The summed E-state index contributed by atoms with van der Waals surface area (Å²) < 4.78 is 49.4. The zero-order chi connectivity index (χ0) is 22.2. The lowest BCUT2D eigenvalue weighted by atomic mass is 9.92. The molecule has 5 nitrogen and oxygen atoms in total. The molecule has 1 aliphatic carbocycles. The lowest BCUT2D eigenvalue weighted by Crippen LogP contribution is -2.16. The summed E-state index contributed by atoms with van der Waals surface area (Å²) in [5, 5.41) is 9.82. The van der Waals surface area contributed by atoms with Gasteiger partial charge in [-0.25, -0.2) is 4.79 Å². The predicted molar refractivity (Wildman–Crippen MR) is 101 cm³/mol. The first kappa shape index (κ1) is 24.4. The number of carbonyl (C=O) groups is 2. The third kappa shape index (κ3) is 6.74. The Morgan fingerprint density at radius 3 is 2.55 bits per heavy atom. The number of rotatable bonds is 6. The summed E-state index contributed by atoms with van der Waals surface area (Å²) in [6.45, 7) is 7.30. The molecule has 160 valence electrons. The fourth-order valence-corrected chi connectivity index (χ4v) is 3.06. The maximum atomic E-state index is 13.1. The Labute approximate surface area is 167 Å². The first-order valence-electron chi connectivity index (χ1n) is 8.98. The van der Waals surface area contributed by atoms with Crippen LogP contribution in [-0.2, 0) is 31.7 Å². The van der Waals surface area contributed by atoms with Gasteiger partial charge in [0.15, 0.2) is 0 Å². The van der Waals surface area contributed by atoms with Crippen molar-refractivity contribution in [2.45, 2.75) is 52.0 Å². The van der Waals surface area contributed by atoms with E-state index in [9.17, 15) is 23.1 Å². The number of benzene rings is 1. The molecule has 1 aliphatic rings. The highest BCUT2D eigenvalue weighted by molar-refractivity contribution is 5.90. The number of hydrogen-bond acceptors (Lipinski definition) is 5. The lowest BCUT2D eigenvalue weighted by molar-refractivity contribution is -0.139. The largest absolute Gasteiger partial charge is 0.468 e. The molecule has 0 amide bonds. The molecule has 0 heterocycles. The first-order chi connectivity index (χ1) is 13.6. The molecule has 1 aromatic carbocycles. The third-order valence-corrected chi connectivity index (χ3v) is 4.25. The van der Waals surface area contributed by atoms with Crippen LogP contribution in [0.3, 0.4) is 0 Å². The Bertz CT molecular complexity index is 764. The summed E-state index contributed by atoms with van der Waals surface area (Å²) in [5.74, 6) is -1.25. The first-order valence-corrected chi connectivity index (χ1v) is 8.98. The molecule has 2 unspecified atom stereocenters. The van der Waals surface area contributed by atoms with Gasteiger partial charge in [0.25, 0.3) is 0 Å². The zero-order valence-electron chi connectivity index (χ0n) is 16.6. The molecule has 0 saturated heterocycles. The van der Waals surface area contributed by atoms with Gasteiger partial charge in [-0.3, -0.25) is 0 Å². The van der Waals surface area contributed by atoms with Crippen LogP contribution in [0.25, 0.3) is 0 Å². The topological polar surface area (TPSA) is 72.8 Å². The van der Waals surface area contributed by atoms with E-state index >= 15 is 0 Å². The van der Waals surface area contributed by atoms with Crippen molar-refractivity contribution in [1.29, 1.82) is 0 Å². The van der Waals surface area contributed by atoms with Gasteiger partial charge < -0.3 is 19.4 Å². The summed E-state index contributed by atoms with van der Waals surface area (Å²) >= 11 is 0. The minimum absolute atomic E-state index is 0.0936. The van der Waals surface area contributed by atoms with Crippen LogP contribution in [0.4, 0.5) is 13.2 Å². The number of alkyl halides is 3. The Balaban J connectivity index is 0.00000204. The molecule has 0 fully saturated rings. The van der Waals surface area contributed by atoms with Crippen LogP contribution in [0.2, 0.25) is 0 Å². The molecule has 2 rings (SSSR count). The monoisotopic (exact) mass is 414 g/mol. The summed E-state index contributed by atoms with van der Waals surface area (Å²) in [5.41, 5.74) is 1.34. The summed E-state index contributed by atoms with van der Waals surface area (Å²) in [4.78, 5) is 20.4. The fraction of sp³-hybridized carbons (Fsp3) is 0.429. The Morgan fingerprint density at radius 1 is 1.34 bits per heavy atom. The Morgan fingerprint density at radius 2 is 2.00 bits per heavy atom. The molecule has 0 bridgehead atoms. The van der Waals surface area contributed by atoms with Crippen molar-refractivity contribution in [3.63, 3.8) is 0 Å². The number of fused-ring (bicyclic) bond motifs is 1. The molecule has 2 atom stereocenters. The van der Waals surface area contributed by atoms with E-state index in [4.69, 9.17) is 14.3 Å². The molecule has 29 heavy (non-hydrogen) atoms. The van der Waals surface area contributed by atoms with Gasteiger partial charge >= 0.3 is 12.1 Å². The molecule has 0 radical (unpaired) electrons. The van der Waals surface area contributed by atoms with E-state index in [1.807, 2.05) is 6.79 Å². The zero-order valence-corrected chi connectivity index (χ0v) is 16.6. The average Bonchev–Trinajstić information content (AvgIpc) is 3.06. The molecule has 1 aromatic rings. The number of aliphatic hydroxyl groups is 1. The van der Waals surface area contributed by atoms with Gasteiger partial charge in [0.05, 0.1) is 24.0 Å². The van der Waals surface area contributed by atoms with Crippen molar-refractivity contribution in [3.05, 3.63) is 58.4 Å². The van der Waals surface area contributed by atoms with Gasteiger partial charge in [-0.1, -0.05) is 11.6 Å². The van der Waals surface area contributed by atoms with E-state index in [1.54, 1.807) is 20.8 Å². The lowest BCUT2D eigenvalue weighted by Gasteiger charge is -2.17. The van der Waals surface area contributed by atoms with Crippen molar-refractivity contribution >= 4 is 12.8 Å². The third-order valence-electron chi connectivity index (χ3n) is 4.25. The highest BCUT2D eigenvalue weighted by Crippen LogP contribution is 2.41. The highest BCUT2D eigenvalue weighted by atomic mass is 19.4. The van der Waals surface area contributed by atoms with Crippen LogP contribution in [-0.4, -0.2) is 30.8 Å². The van der Waals surface area contributed by atoms with E-state index < -0.39 is 29.9 Å². The Hall–Kier alpha value is -2.61. The fourth-order valence-electron chi connectivity index (χ4n) is 3.06. The van der Waals surface area contributed by atoms with E-state index in [0.29, 0.717) is 18.4 Å². The smallest absolute Gasteiger partial charge is 0.416 e. The van der Waals surface area contributed by atoms with Gasteiger partial charge in [0.2, 0.25) is 6.29 Å².